The third kappa shape index (κ3) is 3.64. The van der Waals surface area contributed by atoms with Gasteiger partial charge in [0.1, 0.15) is 5.75 Å². The molecule has 0 bridgehead atoms. The average Bonchev–Trinajstić information content (AvgIpc) is 2.14. The molecular weight excluding hydrogens is 286 g/mol. The van der Waals surface area contributed by atoms with Gasteiger partial charge in [-0.15, -0.1) is 0 Å². The van der Waals surface area contributed by atoms with Crippen LogP contribution < -0.4 is 9.74 Å². The summed E-state index contributed by atoms with van der Waals surface area (Å²) in [6.45, 7) is 6.25. The van der Waals surface area contributed by atoms with Gasteiger partial charge in [0.05, 0.1) is 5.56 Å². The molecule has 0 aliphatic rings. The van der Waals surface area contributed by atoms with Crippen molar-refractivity contribution in [3.8, 4) is 5.75 Å². The second-order valence-electron chi connectivity index (χ2n) is 4.43. The molecule has 0 saturated heterocycles. The van der Waals surface area contributed by atoms with Crippen molar-refractivity contribution in [2.75, 3.05) is 7.05 Å². The molecule has 3 nitrogen and oxygen atoms in total. The average molecular weight is 302 g/mol. The van der Waals surface area contributed by atoms with Gasteiger partial charge < -0.3 is 9.74 Å². The molecule has 0 unspecified atom stereocenters. The van der Waals surface area contributed by atoms with Crippen molar-refractivity contribution in [2.45, 2.75) is 19.6 Å². The van der Waals surface area contributed by atoms with Crippen molar-refractivity contribution in [3.05, 3.63) is 28.2 Å². The first-order valence-electron chi connectivity index (χ1n) is 5.04. The van der Waals surface area contributed by atoms with Crippen LogP contribution in [0.15, 0.2) is 22.7 Å². The van der Waals surface area contributed by atoms with E-state index < -0.39 is 8.32 Å². The molecule has 1 aromatic rings. The fraction of sp³-hybridized carbons (Fsp3) is 0.364. The zero-order chi connectivity index (χ0) is 12.3. The fourth-order valence-corrected chi connectivity index (χ4v) is 2.40. The summed E-state index contributed by atoms with van der Waals surface area (Å²) >= 11 is 3.38. The minimum absolute atomic E-state index is 0.124. The van der Waals surface area contributed by atoms with E-state index in [2.05, 4.69) is 40.9 Å². The van der Waals surface area contributed by atoms with Gasteiger partial charge in [0.2, 0.25) is 8.32 Å². The van der Waals surface area contributed by atoms with Crippen LogP contribution >= 0.6 is 15.9 Å². The molecule has 0 fully saturated rings. The zero-order valence-electron chi connectivity index (χ0n) is 9.93. The van der Waals surface area contributed by atoms with Crippen molar-refractivity contribution < 1.29 is 9.22 Å². The second-order valence-corrected chi connectivity index (χ2v) is 9.78. The number of carbonyl (C=O) groups excluding carboxylic acids is 1. The van der Waals surface area contributed by atoms with E-state index in [0.29, 0.717) is 11.3 Å². The Bertz CT molecular complexity index is 401. The minimum atomic E-state index is -1.71. The van der Waals surface area contributed by atoms with E-state index in [-0.39, 0.29) is 5.91 Å². The zero-order valence-corrected chi connectivity index (χ0v) is 12.5. The van der Waals surface area contributed by atoms with Gasteiger partial charge in [-0.25, -0.2) is 0 Å². The third-order valence-electron chi connectivity index (χ3n) is 1.83. The Hall–Kier alpha value is -0.813. The van der Waals surface area contributed by atoms with Crippen LogP contribution in [0.1, 0.15) is 10.4 Å². The van der Waals surface area contributed by atoms with Crippen LogP contribution in [0.25, 0.3) is 0 Å². The van der Waals surface area contributed by atoms with E-state index in [1.54, 1.807) is 13.1 Å². The Labute approximate surface area is 105 Å². The predicted octanol–water partition coefficient (Wildman–Crippen LogP) is 3.02. The van der Waals surface area contributed by atoms with Crippen molar-refractivity contribution in [1.82, 2.24) is 5.32 Å². The van der Waals surface area contributed by atoms with Crippen LogP contribution in [0, 0.1) is 0 Å². The van der Waals surface area contributed by atoms with Gasteiger partial charge in [0.15, 0.2) is 0 Å². The molecule has 88 valence electrons. The third-order valence-corrected chi connectivity index (χ3v) is 3.16. The summed E-state index contributed by atoms with van der Waals surface area (Å²) in [7, 11) is -0.0980. The van der Waals surface area contributed by atoms with Gasteiger partial charge in [0, 0.05) is 11.5 Å². The smallest absolute Gasteiger partial charge is 0.254 e. The lowest BCUT2D eigenvalue weighted by Gasteiger charge is -2.21. The highest BCUT2D eigenvalue weighted by Gasteiger charge is 2.20. The maximum absolute atomic E-state index is 11.6. The topological polar surface area (TPSA) is 38.3 Å². The quantitative estimate of drug-likeness (QED) is 0.872. The molecule has 1 N–H and O–H groups in total. The summed E-state index contributed by atoms with van der Waals surface area (Å²) in [5.41, 5.74) is 0.577. The summed E-state index contributed by atoms with van der Waals surface area (Å²) < 4.78 is 6.80. The lowest BCUT2D eigenvalue weighted by molar-refractivity contribution is 0.0961. The normalized spacial score (nSPS) is 11.1. The summed E-state index contributed by atoms with van der Waals surface area (Å²) in [6, 6.07) is 5.43. The molecule has 0 spiro atoms. The van der Waals surface area contributed by atoms with Crippen molar-refractivity contribution in [2.24, 2.45) is 0 Å². The van der Waals surface area contributed by atoms with Crippen molar-refractivity contribution >= 4 is 30.2 Å². The maximum Gasteiger partial charge on any atom is 0.254 e. The standard InChI is InChI=1S/C11H16BrNO2Si/c1-13-11(14)9-6-5-8(12)7-10(9)15-16(2,3)4/h5-7H,1-4H3,(H,13,14). The van der Waals surface area contributed by atoms with E-state index >= 15 is 0 Å². The molecule has 1 aromatic carbocycles. The highest BCUT2D eigenvalue weighted by Crippen LogP contribution is 2.26. The Balaban J connectivity index is 3.13. The molecule has 16 heavy (non-hydrogen) atoms. The van der Waals surface area contributed by atoms with Crippen LogP contribution in [0.2, 0.25) is 19.6 Å². The van der Waals surface area contributed by atoms with Crippen LogP contribution in [0.4, 0.5) is 0 Å². The van der Waals surface area contributed by atoms with Gasteiger partial charge in [-0.2, -0.15) is 0 Å². The SMILES string of the molecule is CNC(=O)c1ccc(Br)cc1O[Si](C)(C)C. The molecule has 1 rings (SSSR count). The monoisotopic (exact) mass is 301 g/mol. The molecule has 0 aromatic heterocycles. The Morgan fingerprint density at radius 3 is 2.50 bits per heavy atom. The number of amides is 1. The number of nitrogens with one attached hydrogen (secondary N) is 1. The molecule has 5 heteroatoms. The highest BCUT2D eigenvalue weighted by atomic mass is 79.9. The van der Waals surface area contributed by atoms with Gasteiger partial charge in [-0.05, 0) is 37.8 Å². The minimum Gasteiger partial charge on any atom is -0.544 e. The first-order chi connectivity index (χ1) is 7.33. The van der Waals surface area contributed by atoms with Gasteiger partial charge in [-0.3, -0.25) is 4.79 Å². The Morgan fingerprint density at radius 1 is 1.38 bits per heavy atom. The van der Waals surface area contributed by atoms with E-state index in [4.69, 9.17) is 4.43 Å². The van der Waals surface area contributed by atoms with Crippen LogP contribution in [-0.4, -0.2) is 21.3 Å². The van der Waals surface area contributed by atoms with E-state index in [9.17, 15) is 4.79 Å². The van der Waals surface area contributed by atoms with Crippen molar-refractivity contribution in [3.63, 3.8) is 0 Å². The summed E-state index contributed by atoms with van der Waals surface area (Å²) in [5.74, 6) is 0.522. The van der Waals surface area contributed by atoms with Crippen LogP contribution in [0.3, 0.4) is 0 Å². The Morgan fingerprint density at radius 2 is 2.00 bits per heavy atom. The molecule has 0 heterocycles. The lowest BCUT2D eigenvalue weighted by Crippen LogP contribution is -2.31. The summed E-state index contributed by atoms with van der Waals surface area (Å²) in [5, 5.41) is 2.61. The highest BCUT2D eigenvalue weighted by molar-refractivity contribution is 9.10. The van der Waals surface area contributed by atoms with Gasteiger partial charge in [-0.1, -0.05) is 15.9 Å². The lowest BCUT2D eigenvalue weighted by atomic mass is 10.2. The van der Waals surface area contributed by atoms with Crippen LogP contribution in [-0.2, 0) is 0 Å². The molecule has 0 atom stereocenters. The first-order valence-corrected chi connectivity index (χ1v) is 9.24. The maximum atomic E-state index is 11.6. The van der Waals surface area contributed by atoms with Crippen LogP contribution in [0.5, 0.6) is 5.75 Å². The molecule has 1 amide bonds. The largest absolute Gasteiger partial charge is 0.544 e. The number of hydrogen-bond acceptors (Lipinski definition) is 2. The molecule has 0 saturated carbocycles. The van der Waals surface area contributed by atoms with E-state index in [1.165, 1.54) is 0 Å². The molecule has 0 radical (unpaired) electrons. The summed E-state index contributed by atoms with van der Waals surface area (Å²) in [4.78, 5) is 11.6. The number of rotatable bonds is 3. The Kier molecular flexibility index (Phi) is 4.15. The number of halogens is 1. The summed E-state index contributed by atoms with van der Waals surface area (Å²) in [6.07, 6.45) is 0. The van der Waals surface area contributed by atoms with E-state index in [1.807, 2.05) is 12.1 Å². The predicted molar refractivity (Wildman–Crippen MR) is 71.5 cm³/mol. The van der Waals surface area contributed by atoms with Gasteiger partial charge >= 0.3 is 0 Å². The molecule has 0 aliphatic carbocycles. The van der Waals surface area contributed by atoms with Gasteiger partial charge in [0.25, 0.3) is 5.91 Å². The number of benzene rings is 1. The molecule has 0 aliphatic heterocycles. The second kappa shape index (κ2) is 5.01. The van der Waals surface area contributed by atoms with E-state index in [0.717, 1.165) is 4.47 Å². The van der Waals surface area contributed by atoms with Crippen molar-refractivity contribution in [1.29, 1.82) is 0 Å². The first kappa shape index (κ1) is 13.3. The molecular formula is C11H16BrNO2Si. The number of carbonyl (C=O) groups is 1. The number of hydrogen-bond donors (Lipinski definition) is 1. The fourth-order valence-electron chi connectivity index (χ4n) is 1.23.